The summed E-state index contributed by atoms with van der Waals surface area (Å²) < 4.78 is 24.7. The second-order valence-corrected chi connectivity index (χ2v) is 3.37. The predicted octanol–water partition coefficient (Wildman–Crippen LogP) is -1.51. The standard InChI is InChI=1S/C6H14O3S.Li.H/c1-4-5-6(2,3)9-10(7)8;;/h4-5H2,1-3H3,(H,7,8);;/q;+1;-1/p-1. The largest absolute Gasteiger partial charge is 1.00 e. The fraction of sp³-hybridized carbons (Fsp3) is 1.00. The van der Waals surface area contributed by atoms with Gasteiger partial charge >= 0.3 is 18.9 Å². The first-order chi connectivity index (χ1) is 4.48. The van der Waals surface area contributed by atoms with Crippen molar-refractivity contribution in [2.24, 2.45) is 0 Å². The van der Waals surface area contributed by atoms with E-state index in [0.717, 1.165) is 12.8 Å². The Morgan fingerprint density at radius 1 is 1.64 bits per heavy atom. The third-order valence-electron chi connectivity index (χ3n) is 1.15. The van der Waals surface area contributed by atoms with Crippen LogP contribution in [0.5, 0.6) is 0 Å². The Morgan fingerprint density at radius 2 is 2.09 bits per heavy atom. The van der Waals surface area contributed by atoms with Gasteiger partial charge in [0.1, 0.15) is 0 Å². The van der Waals surface area contributed by atoms with Gasteiger partial charge in [-0.05, 0) is 20.3 Å². The molecular weight excluding hydrogens is 159 g/mol. The van der Waals surface area contributed by atoms with E-state index in [4.69, 9.17) is 0 Å². The van der Waals surface area contributed by atoms with Crippen LogP contribution in [0, 0.1) is 0 Å². The molecular formula is C6H14LiO3S-. The summed E-state index contributed by atoms with van der Waals surface area (Å²) in [5.74, 6) is 0. The molecule has 0 rings (SSSR count). The molecule has 64 valence electrons. The fourth-order valence-electron chi connectivity index (χ4n) is 0.828. The van der Waals surface area contributed by atoms with Gasteiger partial charge < -0.3 is 5.98 Å². The molecule has 3 nitrogen and oxygen atoms in total. The number of rotatable bonds is 4. The summed E-state index contributed by atoms with van der Waals surface area (Å²) in [6, 6.07) is 0. The van der Waals surface area contributed by atoms with E-state index in [1.54, 1.807) is 13.8 Å². The van der Waals surface area contributed by atoms with Gasteiger partial charge in [-0.2, -0.15) is 0 Å². The molecule has 0 saturated heterocycles. The van der Waals surface area contributed by atoms with E-state index in [0.29, 0.717) is 0 Å². The van der Waals surface area contributed by atoms with Gasteiger partial charge in [-0.25, -0.2) is 4.21 Å². The summed E-state index contributed by atoms with van der Waals surface area (Å²) in [6.07, 6.45) is 1.67. The van der Waals surface area contributed by atoms with Crippen molar-refractivity contribution in [1.29, 1.82) is 0 Å². The molecule has 11 heavy (non-hydrogen) atoms. The van der Waals surface area contributed by atoms with Gasteiger partial charge in [0.05, 0.1) is 17.0 Å². The smallest absolute Gasteiger partial charge is 1.00 e. The molecule has 0 fully saturated rings. The Bertz CT molecular complexity index is 132. The second-order valence-electron chi connectivity index (χ2n) is 2.80. The molecule has 0 aliphatic carbocycles. The molecule has 0 heterocycles. The average molecular weight is 173 g/mol. The summed E-state index contributed by atoms with van der Waals surface area (Å²) in [5, 5.41) is 0. The average Bonchev–Trinajstić information content (AvgIpc) is 1.59. The molecule has 0 amide bonds. The molecule has 0 aliphatic heterocycles. The van der Waals surface area contributed by atoms with Gasteiger partial charge in [-0.15, -0.1) is 0 Å². The zero-order chi connectivity index (χ0) is 8.20. The molecule has 0 N–H and O–H groups in total. The Labute approximate surface area is 84.0 Å². The third-order valence-corrected chi connectivity index (χ3v) is 1.73. The first-order valence-corrected chi connectivity index (χ1v) is 4.26. The normalized spacial score (nSPS) is 13.8. The molecule has 0 aromatic rings. The van der Waals surface area contributed by atoms with Crippen molar-refractivity contribution in [2.75, 3.05) is 0 Å². The van der Waals surface area contributed by atoms with Crippen LogP contribution in [0.15, 0.2) is 0 Å². The molecule has 5 heteroatoms. The molecule has 0 spiro atoms. The van der Waals surface area contributed by atoms with E-state index in [1.165, 1.54) is 0 Å². The van der Waals surface area contributed by atoms with Crippen molar-refractivity contribution in [3.63, 3.8) is 0 Å². The van der Waals surface area contributed by atoms with Gasteiger partial charge in [0.2, 0.25) is 0 Å². The molecule has 0 radical (unpaired) electrons. The van der Waals surface area contributed by atoms with Crippen molar-refractivity contribution in [1.82, 2.24) is 0 Å². The van der Waals surface area contributed by atoms with Crippen molar-refractivity contribution in [2.45, 2.75) is 39.2 Å². The van der Waals surface area contributed by atoms with Crippen LogP contribution in [0.3, 0.4) is 0 Å². The van der Waals surface area contributed by atoms with Gasteiger partial charge in [-0.3, -0.25) is 4.18 Å². The maximum absolute atomic E-state index is 10.1. The van der Waals surface area contributed by atoms with Crippen LogP contribution < -0.4 is 18.9 Å². The van der Waals surface area contributed by atoms with Gasteiger partial charge in [0.15, 0.2) is 0 Å². The van der Waals surface area contributed by atoms with E-state index >= 15 is 0 Å². The maximum atomic E-state index is 10.1. The third kappa shape index (κ3) is 8.57. The van der Waals surface area contributed by atoms with Crippen LogP contribution in [0.25, 0.3) is 0 Å². The molecule has 1 unspecified atom stereocenters. The molecule has 0 aromatic heterocycles. The van der Waals surface area contributed by atoms with Gasteiger partial charge in [0.25, 0.3) is 0 Å². The van der Waals surface area contributed by atoms with Crippen molar-refractivity contribution < 1.29 is 33.2 Å². The molecule has 0 saturated carbocycles. The van der Waals surface area contributed by atoms with Crippen LogP contribution in [0.1, 0.15) is 35.0 Å². The Balaban J connectivity index is -0.000000405. The summed E-state index contributed by atoms with van der Waals surface area (Å²) in [5.41, 5.74) is -0.540. The van der Waals surface area contributed by atoms with E-state index in [2.05, 4.69) is 4.18 Å². The summed E-state index contributed by atoms with van der Waals surface area (Å²) >= 11 is -2.39. The first-order valence-electron chi connectivity index (χ1n) is 3.26. The van der Waals surface area contributed by atoms with E-state index in [-0.39, 0.29) is 20.3 Å². The Morgan fingerprint density at radius 3 is 2.36 bits per heavy atom. The van der Waals surface area contributed by atoms with Gasteiger partial charge in [-0.1, -0.05) is 13.3 Å². The minimum atomic E-state index is -2.39. The molecule has 0 bridgehead atoms. The zero-order valence-corrected chi connectivity index (χ0v) is 8.36. The zero-order valence-electron chi connectivity index (χ0n) is 8.55. The number of hydrogen-bond donors (Lipinski definition) is 0. The van der Waals surface area contributed by atoms with E-state index in [1.807, 2.05) is 6.92 Å². The fourth-order valence-corrected chi connectivity index (χ4v) is 1.28. The quantitative estimate of drug-likeness (QED) is 0.383. The topological polar surface area (TPSA) is 49.4 Å². The van der Waals surface area contributed by atoms with Crippen LogP contribution in [-0.4, -0.2) is 14.4 Å². The summed E-state index contributed by atoms with van der Waals surface area (Å²) in [7, 11) is 0. The SMILES string of the molecule is CCCC(C)(C)OS(=O)[O-].[H-].[Li+]. The van der Waals surface area contributed by atoms with E-state index < -0.39 is 17.0 Å². The predicted molar refractivity (Wildman–Crippen MR) is 40.1 cm³/mol. The van der Waals surface area contributed by atoms with Crippen LogP contribution in [-0.2, 0) is 15.5 Å². The maximum Gasteiger partial charge on any atom is 1.00 e. The monoisotopic (exact) mass is 173 g/mol. The number of hydrogen-bond acceptors (Lipinski definition) is 3. The molecule has 0 aromatic carbocycles. The van der Waals surface area contributed by atoms with Crippen molar-refractivity contribution >= 4 is 11.4 Å². The van der Waals surface area contributed by atoms with Crippen LogP contribution in [0.4, 0.5) is 0 Å². The minimum Gasteiger partial charge on any atom is -1.00 e. The minimum absolute atomic E-state index is 0. The summed E-state index contributed by atoms with van der Waals surface area (Å²) in [6.45, 7) is 5.50. The molecule has 0 aliphatic rings. The Kier molecular flexibility index (Phi) is 8.02. The van der Waals surface area contributed by atoms with E-state index in [9.17, 15) is 8.76 Å². The van der Waals surface area contributed by atoms with Gasteiger partial charge in [0, 0.05) is 0 Å². The van der Waals surface area contributed by atoms with Crippen molar-refractivity contribution in [3.8, 4) is 0 Å². The Hall–Kier alpha value is 0.667. The van der Waals surface area contributed by atoms with Crippen molar-refractivity contribution in [3.05, 3.63) is 0 Å². The second kappa shape index (κ2) is 6.21. The van der Waals surface area contributed by atoms with Crippen LogP contribution in [0.2, 0.25) is 0 Å². The summed E-state index contributed by atoms with van der Waals surface area (Å²) in [4.78, 5) is 0. The van der Waals surface area contributed by atoms with Crippen LogP contribution >= 0.6 is 0 Å². The first kappa shape index (κ1) is 14.2. The molecule has 1 atom stereocenters.